The Hall–Kier alpha value is -2.05. The Balaban J connectivity index is 1.81. The summed E-state index contributed by atoms with van der Waals surface area (Å²) < 4.78 is 16.4. The monoisotopic (exact) mass is 375 g/mol. The fourth-order valence-corrected chi connectivity index (χ4v) is 2.86. The van der Waals surface area contributed by atoms with Crippen molar-refractivity contribution in [3.63, 3.8) is 0 Å². The van der Waals surface area contributed by atoms with E-state index in [0.29, 0.717) is 19.8 Å². The molecule has 0 unspecified atom stereocenters. The maximum absolute atomic E-state index is 5.95. The number of ether oxygens (including phenoxy) is 3. The van der Waals surface area contributed by atoms with Crippen molar-refractivity contribution in [1.29, 1.82) is 0 Å². The minimum absolute atomic E-state index is 0.649. The first-order valence-corrected chi connectivity index (χ1v) is 9.64. The summed E-state index contributed by atoms with van der Waals surface area (Å²) >= 11 is 0. The van der Waals surface area contributed by atoms with E-state index in [0.717, 1.165) is 56.3 Å². The van der Waals surface area contributed by atoms with Gasteiger partial charge in [0.2, 0.25) is 0 Å². The van der Waals surface area contributed by atoms with Gasteiger partial charge in [0, 0.05) is 45.8 Å². The highest BCUT2D eigenvalue weighted by atomic mass is 16.5. The molecule has 0 radical (unpaired) electrons. The van der Waals surface area contributed by atoms with E-state index >= 15 is 0 Å². The lowest BCUT2D eigenvalue weighted by Crippen LogP contribution is -2.37. The highest BCUT2D eigenvalue weighted by molar-refractivity contribution is 5.79. The number of methoxy groups -OCH3 is 1. The summed E-state index contributed by atoms with van der Waals surface area (Å²) in [6.45, 7) is 6.53. The van der Waals surface area contributed by atoms with Gasteiger partial charge in [0.25, 0.3) is 0 Å². The van der Waals surface area contributed by atoms with E-state index in [1.165, 1.54) is 11.1 Å². The smallest absolute Gasteiger partial charge is 0.191 e. The minimum Gasteiger partial charge on any atom is -0.493 e. The molecule has 27 heavy (non-hydrogen) atoms. The van der Waals surface area contributed by atoms with Gasteiger partial charge in [0.05, 0.1) is 19.8 Å². The molecule has 1 aliphatic heterocycles. The number of nitrogens with zero attached hydrogens (tertiary/aromatic N) is 1. The Bertz CT molecular complexity index is 629. The summed E-state index contributed by atoms with van der Waals surface area (Å²) in [5.74, 6) is 1.72. The van der Waals surface area contributed by atoms with E-state index in [1.807, 2.05) is 0 Å². The van der Waals surface area contributed by atoms with Gasteiger partial charge >= 0.3 is 0 Å². The first-order valence-electron chi connectivity index (χ1n) is 9.64. The van der Waals surface area contributed by atoms with Crippen molar-refractivity contribution in [2.24, 2.45) is 4.99 Å². The third-order valence-electron chi connectivity index (χ3n) is 4.44. The third-order valence-corrected chi connectivity index (χ3v) is 4.44. The fourth-order valence-electron chi connectivity index (χ4n) is 2.86. The molecule has 0 spiro atoms. The lowest BCUT2D eigenvalue weighted by Gasteiger charge is -2.17. The van der Waals surface area contributed by atoms with Crippen LogP contribution in [0, 0.1) is 6.92 Å². The molecule has 1 aromatic rings. The van der Waals surface area contributed by atoms with Gasteiger partial charge in [0.15, 0.2) is 5.96 Å². The Morgan fingerprint density at radius 2 is 2.15 bits per heavy atom. The van der Waals surface area contributed by atoms with Crippen molar-refractivity contribution in [2.75, 3.05) is 47.1 Å². The normalized spacial score (nSPS) is 14.6. The summed E-state index contributed by atoms with van der Waals surface area (Å²) in [6, 6.07) is 6.29. The maximum Gasteiger partial charge on any atom is 0.191 e. The highest BCUT2D eigenvalue weighted by Crippen LogP contribution is 2.20. The SMILES string of the molecule is CN=C(NCCC1=CCOCC1)NCc1ccc(C)cc1OCCCOC. The molecule has 0 aromatic heterocycles. The molecule has 2 N–H and O–H groups in total. The number of benzene rings is 1. The van der Waals surface area contributed by atoms with E-state index in [4.69, 9.17) is 14.2 Å². The van der Waals surface area contributed by atoms with Crippen LogP contribution in [-0.4, -0.2) is 53.1 Å². The molecule has 6 nitrogen and oxygen atoms in total. The molecule has 150 valence electrons. The summed E-state index contributed by atoms with van der Waals surface area (Å²) in [7, 11) is 3.50. The van der Waals surface area contributed by atoms with Gasteiger partial charge in [-0.15, -0.1) is 0 Å². The van der Waals surface area contributed by atoms with Gasteiger partial charge in [0.1, 0.15) is 5.75 Å². The van der Waals surface area contributed by atoms with Crippen LogP contribution in [0.25, 0.3) is 0 Å². The first-order chi connectivity index (χ1) is 13.2. The second-order valence-corrected chi connectivity index (χ2v) is 6.60. The zero-order valence-electron chi connectivity index (χ0n) is 16.8. The Morgan fingerprint density at radius 3 is 2.89 bits per heavy atom. The summed E-state index contributed by atoms with van der Waals surface area (Å²) in [6.07, 6.45) is 5.10. The van der Waals surface area contributed by atoms with Crippen LogP contribution in [0.2, 0.25) is 0 Å². The summed E-state index contributed by atoms with van der Waals surface area (Å²) in [5, 5.41) is 6.75. The molecular weight excluding hydrogens is 342 g/mol. The van der Waals surface area contributed by atoms with Crippen molar-refractivity contribution < 1.29 is 14.2 Å². The van der Waals surface area contributed by atoms with Crippen molar-refractivity contribution in [3.8, 4) is 5.75 Å². The Morgan fingerprint density at radius 1 is 1.26 bits per heavy atom. The molecule has 6 heteroatoms. The van der Waals surface area contributed by atoms with Gasteiger partial charge in [-0.3, -0.25) is 4.99 Å². The number of aryl methyl sites for hydroxylation is 1. The number of hydrogen-bond acceptors (Lipinski definition) is 4. The van der Waals surface area contributed by atoms with E-state index in [2.05, 4.69) is 46.8 Å². The average Bonchev–Trinajstić information content (AvgIpc) is 2.69. The number of nitrogens with one attached hydrogen (secondary N) is 2. The zero-order chi connectivity index (χ0) is 19.3. The molecule has 0 amide bonds. The highest BCUT2D eigenvalue weighted by Gasteiger charge is 2.07. The topological polar surface area (TPSA) is 64.1 Å². The van der Waals surface area contributed by atoms with Crippen molar-refractivity contribution >= 4 is 5.96 Å². The molecule has 1 aromatic carbocycles. The number of aliphatic imine (C=N–C) groups is 1. The first kappa shape index (κ1) is 21.3. The van der Waals surface area contributed by atoms with Gasteiger partial charge < -0.3 is 24.8 Å². The molecule has 0 fully saturated rings. The van der Waals surface area contributed by atoms with E-state index in [9.17, 15) is 0 Å². The minimum atomic E-state index is 0.649. The maximum atomic E-state index is 5.95. The largest absolute Gasteiger partial charge is 0.493 e. The lowest BCUT2D eigenvalue weighted by molar-refractivity contribution is 0.153. The molecule has 0 saturated carbocycles. The van der Waals surface area contributed by atoms with Crippen LogP contribution in [0.1, 0.15) is 30.4 Å². The summed E-state index contributed by atoms with van der Waals surface area (Å²) in [4.78, 5) is 4.31. The number of rotatable bonds is 10. The van der Waals surface area contributed by atoms with Crippen LogP contribution in [0.15, 0.2) is 34.8 Å². The second kappa shape index (κ2) is 12.4. The third kappa shape index (κ3) is 8.01. The molecule has 1 aliphatic rings. The van der Waals surface area contributed by atoms with Crippen LogP contribution in [0.5, 0.6) is 5.75 Å². The number of guanidine groups is 1. The zero-order valence-corrected chi connectivity index (χ0v) is 16.8. The quantitative estimate of drug-likeness (QED) is 0.285. The predicted octanol–water partition coefficient (Wildman–Crippen LogP) is 2.81. The van der Waals surface area contributed by atoms with Crippen molar-refractivity contribution in [1.82, 2.24) is 10.6 Å². The standard InChI is InChI=1S/C21H33N3O3/c1-17-5-6-19(20(15-17)27-12-4-11-25-3)16-24-21(22-2)23-10-7-18-8-13-26-14-9-18/h5-6,8,15H,4,7,9-14,16H2,1-3H3,(H2,22,23,24). The molecule has 1 heterocycles. The van der Waals surface area contributed by atoms with Gasteiger partial charge in [-0.25, -0.2) is 0 Å². The molecule has 0 atom stereocenters. The molecule has 2 rings (SSSR count). The molecular formula is C21H33N3O3. The van der Waals surface area contributed by atoms with E-state index in [-0.39, 0.29) is 0 Å². The molecule has 0 bridgehead atoms. The molecule has 0 saturated heterocycles. The van der Waals surface area contributed by atoms with E-state index < -0.39 is 0 Å². The lowest BCUT2D eigenvalue weighted by atomic mass is 10.1. The molecule has 0 aliphatic carbocycles. The predicted molar refractivity (Wildman–Crippen MR) is 110 cm³/mol. The van der Waals surface area contributed by atoms with Crippen LogP contribution < -0.4 is 15.4 Å². The van der Waals surface area contributed by atoms with Gasteiger partial charge in [-0.2, -0.15) is 0 Å². The Kier molecular flexibility index (Phi) is 9.73. The van der Waals surface area contributed by atoms with Crippen LogP contribution in [-0.2, 0) is 16.0 Å². The summed E-state index contributed by atoms with van der Waals surface area (Å²) in [5.41, 5.74) is 3.76. The van der Waals surface area contributed by atoms with Crippen LogP contribution in [0.3, 0.4) is 0 Å². The van der Waals surface area contributed by atoms with E-state index in [1.54, 1.807) is 14.2 Å². The van der Waals surface area contributed by atoms with Gasteiger partial charge in [-0.05, 0) is 31.4 Å². The Labute approximate surface area is 163 Å². The van der Waals surface area contributed by atoms with Crippen molar-refractivity contribution in [3.05, 3.63) is 41.0 Å². The van der Waals surface area contributed by atoms with Crippen molar-refractivity contribution in [2.45, 2.75) is 32.7 Å². The van der Waals surface area contributed by atoms with Crippen LogP contribution >= 0.6 is 0 Å². The average molecular weight is 376 g/mol. The van der Waals surface area contributed by atoms with Gasteiger partial charge in [-0.1, -0.05) is 23.8 Å². The fraction of sp³-hybridized carbons (Fsp3) is 0.571. The number of hydrogen-bond donors (Lipinski definition) is 2. The second-order valence-electron chi connectivity index (χ2n) is 6.60. The van der Waals surface area contributed by atoms with Crippen LogP contribution in [0.4, 0.5) is 0 Å².